The highest BCUT2D eigenvalue weighted by molar-refractivity contribution is 7.81. The van der Waals surface area contributed by atoms with E-state index in [0.29, 0.717) is 6.61 Å². The fraction of sp³-hybridized carbons (Fsp3) is 1.00. The predicted octanol–water partition coefficient (Wildman–Crippen LogP) is 3.58. The Bertz CT molecular complexity index is 161. The average Bonchev–Trinajstić information content (AvgIpc) is 1.84. The Morgan fingerprint density at radius 2 is 2.08 bits per heavy atom. The maximum absolute atomic E-state index is 11.2. The molecule has 0 heterocycles. The van der Waals surface area contributed by atoms with E-state index >= 15 is 0 Å². The molecule has 0 aliphatic heterocycles. The summed E-state index contributed by atoms with van der Waals surface area (Å²) < 4.78 is 21.0. The van der Waals surface area contributed by atoms with Crippen LogP contribution in [0.15, 0.2) is 0 Å². The molecule has 0 bridgehead atoms. The Hall–Kier alpha value is 0.440. The molecule has 5 heteroatoms. The zero-order valence-corrected chi connectivity index (χ0v) is 9.40. The van der Waals surface area contributed by atoms with Crippen molar-refractivity contribution in [1.82, 2.24) is 0 Å². The second-order valence-corrected chi connectivity index (χ2v) is 5.34. The lowest BCUT2D eigenvalue weighted by molar-refractivity contribution is 0.179. The van der Waals surface area contributed by atoms with Crippen LogP contribution in [0, 0.1) is 0 Å². The summed E-state index contributed by atoms with van der Waals surface area (Å²) in [4.78, 5) is 0. The van der Waals surface area contributed by atoms with Gasteiger partial charge in [0, 0.05) is 11.2 Å². The van der Waals surface area contributed by atoms with Gasteiger partial charge in [-0.25, -0.2) is 4.57 Å². The van der Waals surface area contributed by atoms with Crippen LogP contribution in [0.1, 0.15) is 33.6 Å². The van der Waals surface area contributed by atoms with E-state index in [0.717, 1.165) is 12.8 Å². The monoisotopic (exact) mass is 214 g/mol. The maximum Gasteiger partial charge on any atom is 0.424 e. The van der Waals surface area contributed by atoms with Crippen molar-refractivity contribution in [2.45, 2.75) is 39.7 Å². The maximum atomic E-state index is 11.2. The molecule has 0 saturated carbocycles. The van der Waals surface area contributed by atoms with Crippen molar-refractivity contribution in [1.29, 1.82) is 0 Å². The minimum atomic E-state index is -3.31. The molecule has 0 amide bonds. The van der Waals surface area contributed by atoms with Gasteiger partial charge in [-0.1, -0.05) is 13.3 Å². The second-order valence-electron chi connectivity index (χ2n) is 2.77. The van der Waals surface area contributed by atoms with Gasteiger partial charge in [-0.2, -0.15) is 0 Å². The van der Waals surface area contributed by atoms with Crippen molar-refractivity contribution >= 4 is 18.2 Å². The second kappa shape index (κ2) is 5.98. The lowest BCUT2D eigenvalue weighted by atomic mass is 10.4. The smallest absolute Gasteiger partial charge is 0.297 e. The van der Waals surface area contributed by atoms with Gasteiger partial charge in [-0.3, -0.25) is 9.05 Å². The molecule has 0 aromatic rings. The van der Waals surface area contributed by atoms with Gasteiger partial charge in [-0.05, 0) is 20.3 Å². The normalized spacial score (nSPS) is 16.4. The van der Waals surface area contributed by atoms with E-state index in [4.69, 9.17) is 20.3 Å². The van der Waals surface area contributed by atoms with Gasteiger partial charge >= 0.3 is 6.95 Å². The number of halogens is 1. The first-order valence-electron chi connectivity index (χ1n) is 4.10. The van der Waals surface area contributed by atoms with Gasteiger partial charge in [0.15, 0.2) is 0 Å². The van der Waals surface area contributed by atoms with Crippen molar-refractivity contribution in [3.8, 4) is 0 Å². The molecule has 0 N–H and O–H groups in total. The zero-order chi connectivity index (χ0) is 9.61. The molecule has 0 spiro atoms. The first-order chi connectivity index (χ1) is 5.48. The van der Waals surface area contributed by atoms with Crippen molar-refractivity contribution < 1.29 is 13.6 Å². The number of hydrogen-bond donors (Lipinski definition) is 0. The number of unbranched alkanes of at least 4 members (excludes halogenated alkanes) is 1. The first kappa shape index (κ1) is 12.4. The predicted molar refractivity (Wildman–Crippen MR) is 50.5 cm³/mol. The van der Waals surface area contributed by atoms with Gasteiger partial charge in [0.25, 0.3) is 0 Å². The van der Waals surface area contributed by atoms with Gasteiger partial charge in [-0.15, -0.1) is 0 Å². The van der Waals surface area contributed by atoms with E-state index in [1.54, 1.807) is 13.8 Å². The lowest BCUT2D eigenvalue weighted by Crippen LogP contribution is -2.00. The molecule has 0 fully saturated rings. The third-order valence-electron chi connectivity index (χ3n) is 1.08. The Labute approximate surface area is 78.7 Å². The molecule has 0 saturated heterocycles. The van der Waals surface area contributed by atoms with Crippen LogP contribution >= 0.6 is 18.2 Å². The van der Waals surface area contributed by atoms with E-state index in [2.05, 4.69) is 0 Å². The van der Waals surface area contributed by atoms with Gasteiger partial charge in [0.05, 0.1) is 12.7 Å². The van der Waals surface area contributed by atoms with Crippen LogP contribution < -0.4 is 0 Å². The molecule has 1 unspecified atom stereocenters. The van der Waals surface area contributed by atoms with Crippen LogP contribution in [0.2, 0.25) is 0 Å². The molecular formula is C7H16ClO3P. The number of rotatable bonds is 6. The van der Waals surface area contributed by atoms with Crippen LogP contribution in [0.4, 0.5) is 0 Å². The minimum absolute atomic E-state index is 0.171. The molecule has 0 aromatic carbocycles. The SMILES string of the molecule is CCCCOP(=O)(Cl)OC(C)C. The summed E-state index contributed by atoms with van der Waals surface area (Å²) in [6.45, 7) is 2.63. The summed E-state index contributed by atoms with van der Waals surface area (Å²) in [7, 11) is 0. The molecule has 0 rings (SSSR count). The lowest BCUT2D eigenvalue weighted by Gasteiger charge is -2.13. The highest BCUT2D eigenvalue weighted by atomic mass is 35.7. The van der Waals surface area contributed by atoms with Gasteiger partial charge in [0.1, 0.15) is 0 Å². The van der Waals surface area contributed by atoms with E-state index in [-0.39, 0.29) is 6.10 Å². The summed E-state index contributed by atoms with van der Waals surface area (Å²) in [5.41, 5.74) is 0. The molecular weight excluding hydrogens is 199 g/mol. The first-order valence-corrected chi connectivity index (χ1v) is 6.55. The van der Waals surface area contributed by atoms with Crippen molar-refractivity contribution in [3.63, 3.8) is 0 Å². The van der Waals surface area contributed by atoms with Crippen molar-refractivity contribution in [2.75, 3.05) is 6.61 Å². The third-order valence-corrected chi connectivity index (χ3v) is 2.78. The van der Waals surface area contributed by atoms with E-state index < -0.39 is 6.95 Å². The highest BCUT2D eigenvalue weighted by Gasteiger charge is 2.21. The summed E-state index contributed by atoms with van der Waals surface area (Å²) >= 11 is 5.48. The van der Waals surface area contributed by atoms with Gasteiger partial charge in [0.2, 0.25) is 0 Å². The average molecular weight is 215 g/mol. The van der Waals surface area contributed by atoms with Crippen molar-refractivity contribution in [2.24, 2.45) is 0 Å². The Kier molecular flexibility index (Phi) is 6.20. The standard InChI is InChI=1S/C7H16ClO3P/c1-4-5-6-10-12(8,9)11-7(2)3/h7H,4-6H2,1-3H3. The molecule has 0 aliphatic rings. The largest absolute Gasteiger partial charge is 0.424 e. The molecule has 12 heavy (non-hydrogen) atoms. The number of hydrogen-bond acceptors (Lipinski definition) is 3. The molecule has 3 nitrogen and oxygen atoms in total. The summed E-state index contributed by atoms with van der Waals surface area (Å²) in [5.74, 6) is 0. The van der Waals surface area contributed by atoms with E-state index in [9.17, 15) is 4.57 Å². The zero-order valence-electron chi connectivity index (χ0n) is 7.75. The highest BCUT2D eigenvalue weighted by Crippen LogP contribution is 2.54. The van der Waals surface area contributed by atoms with Crippen molar-refractivity contribution in [3.05, 3.63) is 0 Å². The summed E-state index contributed by atoms with van der Waals surface area (Å²) in [6, 6.07) is 0. The van der Waals surface area contributed by atoms with Crippen LogP contribution in [0.25, 0.3) is 0 Å². The molecule has 74 valence electrons. The van der Waals surface area contributed by atoms with E-state index in [1.807, 2.05) is 6.92 Å². The van der Waals surface area contributed by atoms with E-state index in [1.165, 1.54) is 0 Å². The quantitative estimate of drug-likeness (QED) is 0.501. The fourth-order valence-electron chi connectivity index (χ4n) is 0.600. The third kappa shape index (κ3) is 7.11. The van der Waals surface area contributed by atoms with Gasteiger partial charge < -0.3 is 0 Å². The summed E-state index contributed by atoms with van der Waals surface area (Å²) in [6.07, 6.45) is 1.66. The molecule has 0 aliphatic carbocycles. The van der Waals surface area contributed by atoms with Crippen LogP contribution in [-0.4, -0.2) is 12.7 Å². The van der Waals surface area contributed by atoms with Crippen LogP contribution in [0.3, 0.4) is 0 Å². The Morgan fingerprint density at radius 1 is 1.50 bits per heavy atom. The Morgan fingerprint density at radius 3 is 2.50 bits per heavy atom. The minimum Gasteiger partial charge on any atom is -0.297 e. The summed E-state index contributed by atoms with van der Waals surface area (Å²) in [5, 5.41) is 0. The fourth-order valence-corrected chi connectivity index (χ4v) is 2.20. The van der Waals surface area contributed by atoms with Crippen LogP contribution in [0.5, 0.6) is 0 Å². The topological polar surface area (TPSA) is 35.5 Å². The Balaban J connectivity index is 3.64. The molecule has 0 aromatic heterocycles. The molecule has 1 atom stereocenters. The molecule has 0 radical (unpaired) electrons. The van der Waals surface area contributed by atoms with Crippen LogP contribution in [-0.2, 0) is 13.6 Å².